The summed E-state index contributed by atoms with van der Waals surface area (Å²) < 4.78 is 24.2. The molecule has 2 heterocycles. The lowest BCUT2D eigenvalue weighted by atomic mass is 10.1. The molecule has 1 atom stereocenters. The van der Waals surface area contributed by atoms with Gasteiger partial charge in [-0.15, -0.1) is 0 Å². The maximum atomic E-state index is 12.9. The number of hydrogen-bond acceptors (Lipinski definition) is 8. The van der Waals surface area contributed by atoms with Gasteiger partial charge in [0.25, 0.3) is 0 Å². The molecule has 0 spiro atoms. The zero-order chi connectivity index (χ0) is 25.2. The molecule has 0 aliphatic carbocycles. The van der Waals surface area contributed by atoms with Crippen LogP contribution < -0.4 is 11.0 Å². The molecule has 12 heteroatoms. The number of carbonyl (C=O) groups excluding carboxylic acids is 2. The van der Waals surface area contributed by atoms with E-state index in [0.29, 0.717) is 58.0 Å². The second-order valence-electron chi connectivity index (χ2n) is 8.00. The van der Waals surface area contributed by atoms with E-state index >= 15 is 0 Å². The third-order valence-electron chi connectivity index (χ3n) is 5.57. The van der Waals surface area contributed by atoms with Gasteiger partial charge in [0.1, 0.15) is 12.6 Å². The van der Waals surface area contributed by atoms with Crippen molar-refractivity contribution < 1.29 is 38.4 Å². The molecule has 2 aromatic rings. The Bertz CT molecular complexity index is 1090. The highest BCUT2D eigenvalue weighted by Crippen LogP contribution is 2.25. The second kappa shape index (κ2) is 13.1. The van der Waals surface area contributed by atoms with Crippen molar-refractivity contribution in [2.75, 3.05) is 52.9 Å². The van der Waals surface area contributed by atoms with Gasteiger partial charge in [0.2, 0.25) is 11.8 Å². The largest absolute Gasteiger partial charge is 0.480 e. The molecule has 1 saturated heterocycles. The van der Waals surface area contributed by atoms with Gasteiger partial charge >= 0.3 is 11.7 Å². The van der Waals surface area contributed by atoms with Crippen molar-refractivity contribution in [1.82, 2.24) is 14.5 Å². The number of hydrogen-bond donors (Lipinski definition) is 2. The second-order valence-corrected chi connectivity index (χ2v) is 8.00. The fourth-order valence-corrected chi connectivity index (χ4v) is 3.95. The Labute approximate surface area is 201 Å². The van der Waals surface area contributed by atoms with Crippen LogP contribution in [0.4, 0.5) is 0 Å². The molecule has 12 nitrogen and oxygen atoms in total. The number of aromatic nitrogens is 2. The number of imidazole rings is 1. The summed E-state index contributed by atoms with van der Waals surface area (Å²) >= 11 is 0. The summed E-state index contributed by atoms with van der Waals surface area (Å²) in [6, 6.07) is 4.86. The van der Waals surface area contributed by atoms with Crippen LogP contribution in [0.3, 0.4) is 0 Å². The van der Waals surface area contributed by atoms with Gasteiger partial charge in [-0.25, -0.2) is 9.59 Å². The third kappa shape index (κ3) is 7.21. The first-order valence-corrected chi connectivity index (χ1v) is 11.5. The zero-order valence-corrected chi connectivity index (χ0v) is 19.7. The van der Waals surface area contributed by atoms with Crippen LogP contribution in [0.5, 0.6) is 0 Å². The predicted molar refractivity (Wildman–Crippen MR) is 123 cm³/mol. The first-order chi connectivity index (χ1) is 16.9. The summed E-state index contributed by atoms with van der Waals surface area (Å²) in [5.41, 5.74) is 2.02. The number of nitrogens with one attached hydrogen (secondary N) is 1. The minimum Gasteiger partial charge on any atom is -0.480 e. The molecule has 1 unspecified atom stereocenters. The minimum absolute atomic E-state index is 0.197. The summed E-state index contributed by atoms with van der Waals surface area (Å²) in [5, 5.41) is 10.8. The Balaban J connectivity index is 1.42. The Kier molecular flexibility index (Phi) is 9.97. The lowest BCUT2D eigenvalue weighted by molar-refractivity contribution is -0.143. The molecule has 0 saturated carbocycles. The van der Waals surface area contributed by atoms with E-state index in [0.717, 1.165) is 11.1 Å². The lowest BCUT2D eigenvalue weighted by Gasteiger charge is -2.21. The van der Waals surface area contributed by atoms with Crippen molar-refractivity contribution in [3.63, 3.8) is 0 Å². The van der Waals surface area contributed by atoms with E-state index in [-0.39, 0.29) is 31.2 Å². The van der Waals surface area contributed by atoms with Gasteiger partial charge in [0.15, 0.2) is 0 Å². The molecule has 192 valence electrons. The van der Waals surface area contributed by atoms with Crippen molar-refractivity contribution in [3.05, 3.63) is 34.2 Å². The molecule has 1 fully saturated rings. The highest BCUT2D eigenvalue weighted by Gasteiger charge is 2.31. The van der Waals surface area contributed by atoms with Gasteiger partial charge in [0, 0.05) is 13.5 Å². The smallest absolute Gasteiger partial charge is 0.329 e. The number of imide groups is 1. The Morgan fingerprint density at radius 3 is 2.26 bits per heavy atom. The van der Waals surface area contributed by atoms with Crippen LogP contribution in [0.15, 0.2) is 23.0 Å². The molecular weight excluding hydrogens is 462 g/mol. The van der Waals surface area contributed by atoms with Crippen LogP contribution in [0.2, 0.25) is 0 Å². The Morgan fingerprint density at radius 1 is 1.00 bits per heavy atom. The molecule has 2 amide bonds. The number of aliphatic carboxylic acids is 1. The van der Waals surface area contributed by atoms with Crippen LogP contribution >= 0.6 is 0 Å². The van der Waals surface area contributed by atoms with E-state index in [9.17, 15) is 19.2 Å². The summed E-state index contributed by atoms with van der Waals surface area (Å²) in [6.07, 6.45) is 1.06. The number of ether oxygens (including phenoxy) is 4. The van der Waals surface area contributed by atoms with Gasteiger partial charge < -0.3 is 24.1 Å². The quantitative estimate of drug-likeness (QED) is 0.259. The molecule has 1 aliphatic heterocycles. The third-order valence-corrected chi connectivity index (χ3v) is 5.57. The first-order valence-electron chi connectivity index (χ1n) is 11.5. The number of piperidine rings is 1. The highest BCUT2D eigenvalue weighted by molar-refractivity contribution is 6.00. The summed E-state index contributed by atoms with van der Waals surface area (Å²) in [5.74, 6) is -1.79. The number of rotatable bonds is 15. The predicted octanol–water partition coefficient (Wildman–Crippen LogP) is 0.0112. The van der Waals surface area contributed by atoms with Crippen LogP contribution in [0, 0.1) is 0 Å². The Morgan fingerprint density at radius 2 is 1.63 bits per heavy atom. The number of nitrogens with zero attached hydrogens (tertiary/aromatic N) is 2. The molecule has 2 N–H and O–H groups in total. The number of amides is 2. The number of carbonyl (C=O) groups is 3. The van der Waals surface area contributed by atoms with E-state index in [1.54, 1.807) is 13.1 Å². The monoisotopic (exact) mass is 493 g/mol. The van der Waals surface area contributed by atoms with E-state index < -0.39 is 17.9 Å². The number of carboxylic acid groups (broad SMARTS) is 1. The number of benzene rings is 1. The fraction of sp³-hybridized carbons (Fsp3) is 0.565. The number of fused-ring (bicyclic) bond motifs is 1. The minimum atomic E-state index is -1.01. The van der Waals surface area contributed by atoms with Gasteiger partial charge in [-0.05, 0) is 24.5 Å². The van der Waals surface area contributed by atoms with Gasteiger partial charge in [0.05, 0.1) is 57.3 Å². The standard InChI is InChI=1S/C23H31N3O9/c1-25-21-16(7-8-32-9-10-33-11-12-34-13-14-35-15-20(28)29)3-2-4-17(21)26(23(25)31)18-5-6-19(27)24-22(18)30/h2-4,18H,5-15H2,1H3,(H,28,29)(H,24,27,30). The van der Waals surface area contributed by atoms with Crippen LogP contribution in [-0.2, 0) is 46.8 Å². The molecular formula is C23H31N3O9. The van der Waals surface area contributed by atoms with Crippen LogP contribution in [0.1, 0.15) is 24.4 Å². The summed E-state index contributed by atoms with van der Waals surface area (Å²) in [4.78, 5) is 47.1. The number of aryl methyl sites for hydroxylation is 1. The first kappa shape index (κ1) is 26.5. The average molecular weight is 494 g/mol. The van der Waals surface area contributed by atoms with Crippen LogP contribution in [0.25, 0.3) is 11.0 Å². The maximum absolute atomic E-state index is 12.9. The Hall–Kier alpha value is -3.06. The summed E-state index contributed by atoms with van der Waals surface area (Å²) in [6.45, 7) is 2.15. The van der Waals surface area contributed by atoms with Crippen LogP contribution in [-0.4, -0.2) is 84.9 Å². The normalized spacial score (nSPS) is 16.1. The van der Waals surface area contributed by atoms with Gasteiger partial charge in [-0.3, -0.25) is 24.0 Å². The maximum Gasteiger partial charge on any atom is 0.329 e. The molecule has 1 aliphatic rings. The van der Waals surface area contributed by atoms with Crippen molar-refractivity contribution in [1.29, 1.82) is 0 Å². The summed E-state index contributed by atoms with van der Waals surface area (Å²) in [7, 11) is 1.67. The van der Waals surface area contributed by atoms with Crippen molar-refractivity contribution in [2.24, 2.45) is 7.05 Å². The number of carboxylic acids is 1. The molecule has 0 radical (unpaired) electrons. The molecule has 0 bridgehead atoms. The van der Waals surface area contributed by atoms with E-state index in [1.807, 2.05) is 12.1 Å². The van der Waals surface area contributed by atoms with E-state index in [1.165, 1.54) is 9.13 Å². The van der Waals surface area contributed by atoms with E-state index in [2.05, 4.69) is 5.32 Å². The number of para-hydroxylation sites is 1. The SMILES string of the molecule is Cn1c(=O)n(C2CCC(=O)NC2=O)c2cccc(CCOCCOCCOCCOCC(=O)O)c21. The van der Waals surface area contributed by atoms with Gasteiger partial charge in [-0.1, -0.05) is 12.1 Å². The molecule has 3 rings (SSSR count). The molecule has 1 aromatic carbocycles. The lowest BCUT2D eigenvalue weighted by Crippen LogP contribution is -2.44. The zero-order valence-electron chi connectivity index (χ0n) is 19.7. The topological polar surface area (TPSA) is 147 Å². The van der Waals surface area contributed by atoms with E-state index in [4.69, 9.17) is 24.1 Å². The average Bonchev–Trinajstić information content (AvgIpc) is 3.07. The van der Waals surface area contributed by atoms with Gasteiger partial charge in [-0.2, -0.15) is 0 Å². The molecule has 35 heavy (non-hydrogen) atoms. The van der Waals surface area contributed by atoms with Crippen molar-refractivity contribution in [2.45, 2.75) is 25.3 Å². The highest BCUT2D eigenvalue weighted by atomic mass is 16.6. The van der Waals surface area contributed by atoms with Crippen molar-refractivity contribution >= 4 is 28.8 Å². The fourth-order valence-electron chi connectivity index (χ4n) is 3.95. The molecule has 1 aromatic heterocycles. The van der Waals surface area contributed by atoms with Crippen molar-refractivity contribution in [3.8, 4) is 0 Å².